The molecule has 0 saturated heterocycles. The molecule has 3 aromatic rings. The van der Waals surface area contributed by atoms with Gasteiger partial charge in [-0.25, -0.2) is 8.42 Å². The maximum Gasteiger partial charge on any atom is 0.264 e. The summed E-state index contributed by atoms with van der Waals surface area (Å²) in [4.78, 5) is 13.0. The van der Waals surface area contributed by atoms with Crippen molar-refractivity contribution in [2.75, 3.05) is 10.8 Å². The van der Waals surface area contributed by atoms with Crippen molar-refractivity contribution in [3.63, 3.8) is 0 Å². The third-order valence-electron chi connectivity index (χ3n) is 4.96. The minimum Gasteiger partial charge on any atom is -0.348 e. The van der Waals surface area contributed by atoms with Crippen molar-refractivity contribution >= 4 is 21.6 Å². The minimum atomic E-state index is -3.91. The number of hydrogen-bond acceptors (Lipinski definition) is 3. The van der Waals surface area contributed by atoms with Crippen LogP contribution >= 0.6 is 0 Å². The molecule has 0 saturated carbocycles. The van der Waals surface area contributed by atoms with Crippen LogP contribution in [0.15, 0.2) is 83.8 Å². The molecule has 0 aliphatic heterocycles. The molecule has 6 heteroatoms. The number of para-hydroxylation sites is 1. The number of aryl methyl sites for hydroxylation is 2. The fraction of sp³-hybridized carbons (Fsp3) is 0.208. The van der Waals surface area contributed by atoms with Gasteiger partial charge in [0.1, 0.15) is 6.54 Å². The van der Waals surface area contributed by atoms with Crippen LogP contribution in [0.3, 0.4) is 0 Å². The maximum absolute atomic E-state index is 13.4. The summed E-state index contributed by atoms with van der Waals surface area (Å²) in [6.45, 7) is 5.40. The zero-order valence-corrected chi connectivity index (χ0v) is 18.2. The Morgan fingerprint density at radius 3 is 2.13 bits per heavy atom. The molecule has 0 aliphatic carbocycles. The number of benzene rings is 3. The van der Waals surface area contributed by atoms with Crippen molar-refractivity contribution in [3.05, 3.63) is 95.6 Å². The third kappa shape index (κ3) is 4.89. The molecule has 3 aromatic carbocycles. The molecule has 1 N–H and O–H groups in total. The summed E-state index contributed by atoms with van der Waals surface area (Å²) in [5.74, 6) is -0.370. The van der Waals surface area contributed by atoms with Crippen molar-refractivity contribution in [2.24, 2.45) is 0 Å². The van der Waals surface area contributed by atoms with Crippen LogP contribution in [0.4, 0.5) is 5.69 Å². The molecule has 30 heavy (non-hydrogen) atoms. The van der Waals surface area contributed by atoms with Crippen LogP contribution in [0.25, 0.3) is 0 Å². The number of nitrogens with zero attached hydrogens (tertiary/aromatic N) is 1. The van der Waals surface area contributed by atoms with E-state index in [0.29, 0.717) is 5.69 Å². The summed E-state index contributed by atoms with van der Waals surface area (Å²) in [7, 11) is -3.91. The van der Waals surface area contributed by atoms with E-state index in [-0.39, 0.29) is 23.4 Å². The Hall–Kier alpha value is -3.12. The van der Waals surface area contributed by atoms with Crippen molar-refractivity contribution < 1.29 is 13.2 Å². The molecular formula is C24H26N2O3S. The summed E-state index contributed by atoms with van der Waals surface area (Å²) in [6.07, 6.45) is 0. The second-order valence-corrected chi connectivity index (χ2v) is 9.17. The van der Waals surface area contributed by atoms with E-state index in [0.717, 1.165) is 16.7 Å². The molecule has 0 unspecified atom stereocenters. The number of carbonyl (C=O) groups is 1. The van der Waals surface area contributed by atoms with Crippen LogP contribution in [-0.2, 0) is 14.8 Å². The predicted octanol–water partition coefficient (Wildman–Crippen LogP) is 4.38. The first-order chi connectivity index (χ1) is 14.3. The number of carbonyl (C=O) groups excluding carboxylic acids is 1. The highest BCUT2D eigenvalue weighted by Crippen LogP contribution is 2.26. The molecule has 0 aliphatic rings. The van der Waals surface area contributed by atoms with E-state index < -0.39 is 10.0 Å². The summed E-state index contributed by atoms with van der Waals surface area (Å²) in [5, 5.41) is 2.91. The number of amides is 1. The Balaban J connectivity index is 1.88. The number of anilines is 1. The molecule has 0 aromatic heterocycles. The molecule has 3 rings (SSSR count). The van der Waals surface area contributed by atoms with Crippen LogP contribution in [0, 0.1) is 13.8 Å². The first-order valence-electron chi connectivity index (χ1n) is 9.78. The lowest BCUT2D eigenvalue weighted by Crippen LogP contribution is -2.41. The van der Waals surface area contributed by atoms with E-state index in [4.69, 9.17) is 0 Å². The molecule has 0 heterocycles. The number of rotatable bonds is 7. The first kappa shape index (κ1) is 21.6. The van der Waals surface area contributed by atoms with Gasteiger partial charge >= 0.3 is 0 Å². The van der Waals surface area contributed by atoms with Gasteiger partial charge in [-0.15, -0.1) is 0 Å². The Bertz CT molecular complexity index is 1110. The van der Waals surface area contributed by atoms with E-state index in [1.54, 1.807) is 30.3 Å². The first-order valence-corrected chi connectivity index (χ1v) is 11.2. The minimum absolute atomic E-state index is 0.146. The highest BCUT2D eigenvalue weighted by atomic mass is 32.2. The lowest BCUT2D eigenvalue weighted by Gasteiger charge is -2.26. The summed E-state index contributed by atoms with van der Waals surface area (Å²) in [6, 6.07) is 23.0. The third-order valence-corrected chi connectivity index (χ3v) is 6.73. The number of sulfonamides is 1. The van der Waals surface area contributed by atoms with E-state index >= 15 is 0 Å². The standard InChI is InChI=1S/C24H26N2O3S/c1-18-13-15-21(16-14-18)20(3)25-24(27)17-26(23-12-8-7-9-19(23)2)30(28,29)22-10-5-4-6-11-22/h4-16,20H,17H2,1-3H3,(H,25,27)/t20-/m0/s1. The smallest absolute Gasteiger partial charge is 0.264 e. The molecule has 0 radical (unpaired) electrons. The molecule has 156 valence electrons. The fourth-order valence-electron chi connectivity index (χ4n) is 3.22. The molecule has 0 spiro atoms. The molecule has 1 amide bonds. The Morgan fingerprint density at radius 2 is 1.50 bits per heavy atom. The van der Waals surface area contributed by atoms with Gasteiger partial charge in [-0.05, 0) is 50.1 Å². The van der Waals surface area contributed by atoms with Gasteiger partial charge in [-0.3, -0.25) is 9.10 Å². The van der Waals surface area contributed by atoms with Crippen LogP contribution < -0.4 is 9.62 Å². The van der Waals surface area contributed by atoms with Crippen LogP contribution in [0.5, 0.6) is 0 Å². The molecule has 1 atom stereocenters. The van der Waals surface area contributed by atoms with Gasteiger partial charge in [0.25, 0.3) is 10.0 Å². The summed E-state index contributed by atoms with van der Waals surface area (Å²) in [5.41, 5.74) is 3.36. The van der Waals surface area contributed by atoms with Crippen LogP contribution in [-0.4, -0.2) is 20.9 Å². The number of hydrogen-bond donors (Lipinski definition) is 1. The maximum atomic E-state index is 13.4. The van der Waals surface area contributed by atoms with Crippen LogP contribution in [0.2, 0.25) is 0 Å². The molecular weight excluding hydrogens is 396 g/mol. The van der Waals surface area contributed by atoms with E-state index in [2.05, 4.69) is 5.32 Å². The zero-order chi connectivity index (χ0) is 21.7. The number of nitrogens with one attached hydrogen (secondary N) is 1. The second kappa shape index (κ2) is 9.13. The Labute approximate surface area is 178 Å². The fourth-order valence-corrected chi connectivity index (χ4v) is 4.73. The van der Waals surface area contributed by atoms with Crippen LogP contribution in [0.1, 0.15) is 29.7 Å². The Kier molecular flexibility index (Phi) is 6.57. The van der Waals surface area contributed by atoms with E-state index in [1.165, 1.54) is 16.4 Å². The SMILES string of the molecule is Cc1ccc([C@H](C)NC(=O)CN(c2ccccc2C)S(=O)(=O)c2ccccc2)cc1. The van der Waals surface area contributed by atoms with Crippen molar-refractivity contribution in [3.8, 4) is 0 Å². The van der Waals surface area contributed by atoms with Crippen molar-refractivity contribution in [1.29, 1.82) is 0 Å². The van der Waals surface area contributed by atoms with E-state index in [1.807, 2.05) is 57.2 Å². The van der Waals surface area contributed by atoms with Gasteiger partial charge in [0, 0.05) is 0 Å². The monoisotopic (exact) mass is 422 g/mol. The van der Waals surface area contributed by atoms with Gasteiger partial charge in [-0.2, -0.15) is 0 Å². The normalized spacial score (nSPS) is 12.2. The molecule has 5 nitrogen and oxygen atoms in total. The Morgan fingerprint density at radius 1 is 0.900 bits per heavy atom. The lowest BCUT2D eigenvalue weighted by molar-refractivity contribution is -0.120. The predicted molar refractivity (Wildman–Crippen MR) is 120 cm³/mol. The quantitative estimate of drug-likeness (QED) is 0.615. The average Bonchev–Trinajstić information content (AvgIpc) is 2.73. The zero-order valence-electron chi connectivity index (χ0n) is 17.4. The van der Waals surface area contributed by atoms with Crippen molar-refractivity contribution in [2.45, 2.75) is 31.7 Å². The molecule has 0 bridgehead atoms. The van der Waals surface area contributed by atoms with Crippen molar-refractivity contribution in [1.82, 2.24) is 5.32 Å². The largest absolute Gasteiger partial charge is 0.348 e. The van der Waals surface area contributed by atoms with Gasteiger partial charge < -0.3 is 5.32 Å². The molecule has 0 fully saturated rings. The topological polar surface area (TPSA) is 66.5 Å². The van der Waals surface area contributed by atoms with Gasteiger partial charge in [0.15, 0.2) is 0 Å². The second-order valence-electron chi connectivity index (χ2n) is 7.31. The summed E-state index contributed by atoms with van der Waals surface area (Å²) >= 11 is 0. The summed E-state index contributed by atoms with van der Waals surface area (Å²) < 4.78 is 27.9. The van der Waals surface area contributed by atoms with Gasteiger partial charge in [0.2, 0.25) is 5.91 Å². The lowest BCUT2D eigenvalue weighted by atomic mass is 10.1. The van der Waals surface area contributed by atoms with Gasteiger partial charge in [0.05, 0.1) is 16.6 Å². The highest BCUT2D eigenvalue weighted by Gasteiger charge is 2.28. The van der Waals surface area contributed by atoms with E-state index in [9.17, 15) is 13.2 Å². The average molecular weight is 423 g/mol. The van der Waals surface area contributed by atoms with Gasteiger partial charge in [-0.1, -0.05) is 66.2 Å². The highest BCUT2D eigenvalue weighted by molar-refractivity contribution is 7.92.